The van der Waals surface area contributed by atoms with Gasteiger partial charge in [-0.05, 0) is 30.5 Å². The van der Waals surface area contributed by atoms with E-state index in [1.54, 1.807) is 7.11 Å². The minimum atomic E-state index is 0.0863. The molecule has 1 N–H and O–H groups in total. The summed E-state index contributed by atoms with van der Waals surface area (Å²) < 4.78 is 5.09. The molecule has 2 atom stereocenters. The lowest BCUT2D eigenvalue weighted by Crippen LogP contribution is -1.95. The summed E-state index contributed by atoms with van der Waals surface area (Å²) in [4.78, 5) is 0. The molecule has 1 heterocycles. The molecule has 1 aromatic carbocycles. The first-order chi connectivity index (χ1) is 7.33. The molecule has 3 heteroatoms. The van der Waals surface area contributed by atoms with Crippen LogP contribution in [0, 0.1) is 11.3 Å². The Labute approximate surface area is 89.7 Å². The van der Waals surface area contributed by atoms with Crippen molar-refractivity contribution in [3.8, 4) is 11.8 Å². The van der Waals surface area contributed by atoms with Gasteiger partial charge in [0.2, 0.25) is 0 Å². The lowest BCUT2D eigenvalue weighted by atomic mass is 10.1. The zero-order valence-electron chi connectivity index (χ0n) is 8.73. The summed E-state index contributed by atoms with van der Waals surface area (Å²) in [5.74, 6) is 0.887. The van der Waals surface area contributed by atoms with Crippen LogP contribution < -0.4 is 10.1 Å². The largest absolute Gasteiger partial charge is 0.497 e. The quantitative estimate of drug-likeness (QED) is 0.752. The maximum absolute atomic E-state index is 8.61. The molecule has 0 aromatic heterocycles. The standard InChI is InChI=1S/C12H14N2O/c1-15-10-5-2-9(3-6-10)4-7-11-12(8-13)14-11/h2-3,5-6,11-12,14H,4,7H2,1H3. The molecule has 1 fully saturated rings. The number of aryl methyl sites for hydroxylation is 1. The van der Waals surface area contributed by atoms with E-state index in [0.29, 0.717) is 6.04 Å². The molecular formula is C12H14N2O. The third-order valence-electron chi connectivity index (χ3n) is 2.73. The Balaban J connectivity index is 1.82. The SMILES string of the molecule is COc1ccc(CCC2NC2C#N)cc1. The molecule has 1 aromatic rings. The van der Waals surface area contributed by atoms with Crippen LogP contribution >= 0.6 is 0 Å². The predicted molar refractivity (Wildman–Crippen MR) is 57.6 cm³/mol. The second kappa shape index (κ2) is 4.33. The van der Waals surface area contributed by atoms with Crippen LogP contribution in [0.2, 0.25) is 0 Å². The Morgan fingerprint density at radius 3 is 2.67 bits per heavy atom. The number of hydrogen-bond acceptors (Lipinski definition) is 3. The Kier molecular flexibility index (Phi) is 2.89. The first-order valence-electron chi connectivity index (χ1n) is 5.12. The van der Waals surface area contributed by atoms with E-state index in [1.165, 1.54) is 5.56 Å². The topological polar surface area (TPSA) is 55.0 Å². The van der Waals surface area contributed by atoms with Gasteiger partial charge in [0.05, 0.1) is 13.2 Å². The minimum absolute atomic E-state index is 0.0863. The zero-order chi connectivity index (χ0) is 10.7. The highest BCUT2D eigenvalue weighted by Crippen LogP contribution is 2.18. The fourth-order valence-corrected chi connectivity index (χ4v) is 1.67. The molecule has 0 amide bonds. The van der Waals surface area contributed by atoms with Gasteiger partial charge in [-0.3, -0.25) is 5.32 Å². The summed E-state index contributed by atoms with van der Waals surface area (Å²) in [5, 5.41) is 11.7. The maximum atomic E-state index is 8.61. The van der Waals surface area contributed by atoms with Gasteiger partial charge in [-0.2, -0.15) is 5.26 Å². The van der Waals surface area contributed by atoms with Gasteiger partial charge < -0.3 is 4.74 Å². The van der Waals surface area contributed by atoms with Crippen molar-refractivity contribution in [2.75, 3.05) is 7.11 Å². The smallest absolute Gasteiger partial charge is 0.118 e. The molecule has 0 radical (unpaired) electrons. The molecule has 1 aliphatic rings. The molecule has 0 bridgehead atoms. The van der Waals surface area contributed by atoms with Gasteiger partial charge in [0.1, 0.15) is 11.8 Å². The monoisotopic (exact) mass is 202 g/mol. The number of hydrogen-bond donors (Lipinski definition) is 1. The van der Waals surface area contributed by atoms with Crippen molar-refractivity contribution in [1.29, 1.82) is 5.26 Å². The highest BCUT2D eigenvalue weighted by molar-refractivity contribution is 5.27. The first-order valence-corrected chi connectivity index (χ1v) is 5.12. The Bertz CT molecular complexity index is 366. The number of methoxy groups -OCH3 is 1. The van der Waals surface area contributed by atoms with E-state index in [1.807, 2.05) is 12.1 Å². The lowest BCUT2D eigenvalue weighted by molar-refractivity contribution is 0.414. The zero-order valence-corrected chi connectivity index (χ0v) is 8.73. The van der Waals surface area contributed by atoms with Crippen molar-refractivity contribution in [1.82, 2.24) is 5.32 Å². The number of nitrogens with zero attached hydrogens (tertiary/aromatic N) is 1. The van der Waals surface area contributed by atoms with Crippen molar-refractivity contribution in [3.63, 3.8) is 0 Å². The van der Waals surface area contributed by atoms with Gasteiger partial charge in [0.25, 0.3) is 0 Å². The first kappa shape index (κ1) is 10.0. The highest BCUT2D eigenvalue weighted by atomic mass is 16.5. The Morgan fingerprint density at radius 1 is 1.40 bits per heavy atom. The summed E-state index contributed by atoms with van der Waals surface area (Å²) in [7, 11) is 1.67. The number of nitrogens with one attached hydrogen (secondary N) is 1. The van der Waals surface area contributed by atoms with Crippen molar-refractivity contribution in [2.24, 2.45) is 0 Å². The second-order valence-electron chi connectivity index (χ2n) is 3.77. The van der Waals surface area contributed by atoms with Crippen LogP contribution in [0.1, 0.15) is 12.0 Å². The number of nitriles is 1. The third-order valence-corrected chi connectivity index (χ3v) is 2.73. The van der Waals surface area contributed by atoms with E-state index in [-0.39, 0.29) is 6.04 Å². The van der Waals surface area contributed by atoms with Crippen molar-refractivity contribution < 1.29 is 4.74 Å². The van der Waals surface area contributed by atoms with E-state index in [2.05, 4.69) is 23.5 Å². The normalized spacial score (nSPS) is 23.2. The van der Waals surface area contributed by atoms with Crippen LogP contribution in [0.25, 0.3) is 0 Å². The van der Waals surface area contributed by atoms with Crippen LogP contribution in [-0.4, -0.2) is 19.2 Å². The molecule has 0 aliphatic carbocycles. The number of rotatable bonds is 4. The fraction of sp³-hybridized carbons (Fsp3) is 0.417. The molecule has 78 valence electrons. The average molecular weight is 202 g/mol. The summed E-state index contributed by atoms with van der Waals surface area (Å²) in [6.07, 6.45) is 2.05. The van der Waals surface area contributed by atoms with Gasteiger partial charge in [-0.15, -0.1) is 0 Å². The molecule has 2 rings (SSSR count). The van der Waals surface area contributed by atoms with Crippen molar-refractivity contribution in [2.45, 2.75) is 24.9 Å². The van der Waals surface area contributed by atoms with Crippen molar-refractivity contribution >= 4 is 0 Å². The molecule has 3 nitrogen and oxygen atoms in total. The van der Waals surface area contributed by atoms with Crippen LogP contribution in [0.4, 0.5) is 0 Å². The Morgan fingerprint density at radius 2 is 2.13 bits per heavy atom. The van der Waals surface area contributed by atoms with Gasteiger partial charge >= 0.3 is 0 Å². The van der Waals surface area contributed by atoms with Gasteiger partial charge in [-0.25, -0.2) is 0 Å². The summed E-state index contributed by atoms with van der Waals surface area (Å²) in [6.45, 7) is 0. The fourth-order valence-electron chi connectivity index (χ4n) is 1.67. The highest BCUT2D eigenvalue weighted by Gasteiger charge is 2.35. The lowest BCUT2D eigenvalue weighted by Gasteiger charge is -2.02. The molecular weight excluding hydrogens is 188 g/mol. The van der Waals surface area contributed by atoms with Gasteiger partial charge in [-0.1, -0.05) is 12.1 Å². The number of ether oxygens (including phenoxy) is 1. The number of benzene rings is 1. The maximum Gasteiger partial charge on any atom is 0.118 e. The van der Waals surface area contributed by atoms with E-state index in [9.17, 15) is 0 Å². The average Bonchev–Trinajstić information content (AvgIpc) is 3.06. The van der Waals surface area contributed by atoms with Gasteiger partial charge in [0.15, 0.2) is 0 Å². The minimum Gasteiger partial charge on any atom is -0.497 e. The second-order valence-corrected chi connectivity index (χ2v) is 3.77. The van der Waals surface area contributed by atoms with Crippen LogP contribution in [0.15, 0.2) is 24.3 Å². The molecule has 1 aliphatic heterocycles. The molecule has 1 saturated heterocycles. The third kappa shape index (κ3) is 2.48. The van der Waals surface area contributed by atoms with E-state index >= 15 is 0 Å². The summed E-state index contributed by atoms with van der Waals surface area (Å²) in [6, 6.07) is 10.8. The van der Waals surface area contributed by atoms with E-state index in [0.717, 1.165) is 18.6 Å². The summed E-state index contributed by atoms with van der Waals surface area (Å²) in [5.41, 5.74) is 1.29. The molecule has 0 saturated carbocycles. The van der Waals surface area contributed by atoms with Crippen molar-refractivity contribution in [3.05, 3.63) is 29.8 Å². The van der Waals surface area contributed by atoms with Crippen LogP contribution in [-0.2, 0) is 6.42 Å². The predicted octanol–water partition coefficient (Wildman–Crippen LogP) is 1.49. The molecule has 15 heavy (non-hydrogen) atoms. The summed E-state index contributed by atoms with van der Waals surface area (Å²) >= 11 is 0. The van der Waals surface area contributed by atoms with Crippen LogP contribution in [0.5, 0.6) is 5.75 Å². The van der Waals surface area contributed by atoms with Gasteiger partial charge in [0, 0.05) is 6.04 Å². The van der Waals surface area contributed by atoms with E-state index in [4.69, 9.17) is 10.00 Å². The molecule has 0 spiro atoms. The van der Waals surface area contributed by atoms with E-state index < -0.39 is 0 Å². The molecule has 2 unspecified atom stereocenters. The van der Waals surface area contributed by atoms with Crippen LogP contribution in [0.3, 0.4) is 0 Å². The Hall–Kier alpha value is -1.53.